The SMILES string of the molecule is Cc1cc(C)c(N(c2ccccc2)c2ccccc2Br)c(C)c1.[B]. The zero-order valence-corrected chi connectivity index (χ0v) is 15.8. The first-order chi connectivity index (χ1) is 11.1. The van der Waals surface area contributed by atoms with E-state index in [2.05, 4.69) is 102 Å². The van der Waals surface area contributed by atoms with Crippen LogP contribution in [0.5, 0.6) is 0 Å². The highest BCUT2D eigenvalue weighted by atomic mass is 79.9. The molecule has 0 saturated heterocycles. The Morgan fingerprint density at radius 3 is 1.88 bits per heavy atom. The molecule has 3 aromatic carbocycles. The molecule has 3 rings (SSSR count). The lowest BCUT2D eigenvalue weighted by Crippen LogP contribution is -2.13. The summed E-state index contributed by atoms with van der Waals surface area (Å²) in [6.07, 6.45) is 0. The Bertz CT molecular complexity index is 807. The summed E-state index contributed by atoms with van der Waals surface area (Å²) in [5.74, 6) is 0. The van der Waals surface area contributed by atoms with Crippen molar-refractivity contribution >= 4 is 41.4 Å². The van der Waals surface area contributed by atoms with Gasteiger partial charge in [-0.05, 0) is 72.1 Å². The number of halogens is 1. The molecular formula is C21H20BBrN. The summed E-state index contributed by atoms with van der Waals surface area (Å²) in [5.41, 5.74) is 7.41. The van der Waals surface area contributed by atoms with Gasteiger partial charge < -0.3 is 4.90 Å². The average Bonchev–Trinajstić information content (AvgIpc) is 2.52. The predicted octanol–water partition coefficient (Wildman–Crippen LogP) is 6.46. The van der Waals surface area contributed by atoms with E-state index in [1.807, 2.05) is 6.07 Å². The fraction of sp³-hybridized carbons (Fsp3) is 0.143. The van der Waals surface area contributed by atoms with Crippen LogP contribution in [-0.4, -0.2) is 8.41 Å². The first kappa shape index (κ1) is 18.3. The van der Waals surface area contributed by atoms with Gasteiger partial charge in [0.05, 0.1) is 11.4 Å². The molecule has 0 aromatic heterocycles. The third-order valence-electron chi connectivity index (χ3n) is 3.97. The van der Waals surface area contributed by atoms with Crippen molar-refractivity contribution in [3.63, 3.8) is 0 Å². The largest absolute Gasteiger partial charge is 0.309 e. The monoisotopic (exact) mass is 376 g/mol. The van der Waals surface area contributed by atoms with Crippen molar-refractivity contribution in [3.05, 3.63) is 87.9 Å². The van der Waals surface area contributed by atoms with Gasteiger partial charge in [-0.2, -0.15) is 0 Å². The zero-order valence-electron chi connectivity index (χ0n) is 14.3. The summed E-state index contributed by atoms with van der Waals surface area (Å²) in [6, 6.07) is 23.4. The molecule has 0 aliphatic carbocycles. The highest BCUT2D eigenvalue weighted by molar-refractivity contribution is 9.10. The van der Waals surface area contributed by atoms with Crippen LogP contribution in [0.15, 0.2) is 71.2 Å². The molecule has 3 aromatic rings. The molecule has 0 heterocycles. The van der Waals surface area contributed by atoms with Gasteiger partial charge in [-0.25, -0.2) is 0 Å². The summed E-state index contributed by atoms with van der Waals surface area (Å²) in [7, 11) is 0. The summed E-state index contributed by atoms with van der Waals surface area (Å²) in [4.78, 5) is 2.33. The number of anilines is 3. The van der Waals surface area contributed by atoms with E-state index in [1.165, 1.54) is 22.4 Å². The van der Waals surface area contributed by atoms with Gasteiger partial charge in [0.2, 0.25) is 0 Å². The molecule has 1 nitrogen and oxygen atoms in total. The van der Waals surface area contributed by atoms with Crippen LogP contribution in [0.4, 0.5) is 17.1 Å². The molecular weight excluding hydrogens is 357 g/mol. The lowest BCUT2D eigenvalue weighted by molar-refractivity contribution is 1.20. The van der Waals surface area contributed by atoms with Gasteiger partial charge in [0.25, 0.3) is 0 Å². The molecule has 0 fully saturated rings. The van der Waals surface area contributed by atoms with E-state index in [9.17, 15) is 0 Å². The third-order valence-corrected chi connectivity index (χ3v) is 4.64. The molecule has 0 unspecified atom stereocenters. The van der Waals surface area contributed by atoms with Crippen molar-refractivity contribution in [1.29, 1.82) is 0 Å². The molecule has 0 N–H and O–H groups in total. The van der Waals surface area contributed by atoms with Crippen molar-refractivity contribution in [2.24, 2.45) is 0 Å². The number of hydrogen-bond donors (Lipinski definition) is 0. The fourth-order valence-electron chi connectivity index (χ4n) is 3.12. The van der Waals surface area contributed by atoms with E-state index in [4.69, 9.17) is 0 Å². The van der Waals surface area contributed by atoms with Gasteiger partial charge in [0.1, 0.15) is 0 Å². The number of rotatable bonds is 3. The second-order valence-electron chi connectivity index (χ2n) is 5.87. The lowest BCUT2D eigenvalue weighted by atomic mass is 10.0. The Hall–Kier alpha value is -2.00. The first-order valence-corrected chi connectivity index (χ1v) is 8.55. The molecule has 119 valence electrons. The van der Waals surface area contributed by atoms with Gasteiger partial charge >= 0.3 is 0 Å². The Balaban J connectivity index is 0.00000208. The molecule has 24 heavy (non-hydrogen) atoms. The molecule has 3 radical (unpaired) electrons. The summed E-state index contributed by atoms with van der Waals surface area (Å²) >= 11 is 3.71. The summed E-state index contributed by atoms with van der Waals surface area (Å²) in [5, 5.41) is 0. The van der Waals surface area contributed by atoms with Crippen molar-refractivity contribution < 1.29 is 0 Å². The Morgan fingerprint density at radius 1 is 0.750 bits per heavy atom. The molecule has 0 amide bonds. The van der Waals surface area contributed by atoms with E-state index in [-0.39, 0.29) is 8.41 Å². The van der Waals surface area contributed by atoms with E-state index in [0.717, 1.165) is 15.8 Å². The summed E-state index contributed by atoms with van der Waals surface area (Å²) in [6.45, 7) is 6.51. The highest BCUT2D eigenvalue weighted by Crippen LogP contribution is 2.41. The minimum atomic E-state index is 0. The average molecular weight is 377 g/mol. The summed E-state index contributed by atoms with van der Waals surface area (Å²) < 4.78 is 1.09. The van der Waals surface area contributed by atoms with Gasteiger partial charge in [-0.3, -0.25) is 0 Å². The minimum absolute atomic E-state index is 0. The normalized spacial score (nSPS) is 10.2. The van der Waals surface area contributed by atoms with Gasteiger partial charge in [-0.1, -0.05) is 48.0 Å². The van der Waals surface area contributed by atoms with E-state index < -0.39 is 0 Å². The van der Waals surface area contributed by atoms with Crippen LogP contribution < -0.4 is 4.90 Å². The van der Waals surface area contributed by atoms with Crippen LogP contribution in [0.3, 0.4) is 0 Å². The van der Waals surface area contributed by atoms with Crippen LogP contribution in [0.25, 0.3) is 0 Å². The standard InChI is InChI=1S/C21H20BrN.B/c1-15-13-16(2)21(17(3)14-15)23(18-9-5-4-6-10-18)20-12-8-7-11-19(20)22;/h4-14H,1-3H3;. The van der Waals surface area contributed by atoms with Crippen LogP contribution in [0.2, 0.25) is 0 Å². The molecule has 0 aliphatic heterocycles. The topological polar surface area (TPSA) is 3.24 Å². The molecule has 3 heteroatoms. The maximum Gasteiger partial charge on any atom is 0.0603 e. The maximum absolute atomic E-state index is 3.71. The Kier molecular flexibility index (Phi) is 5.90. The van der Waals surface area contributed by atoms with Crippen molar-refractivity contribution in [2.75, 3.05) is 4.90 Å². The predicted molar refractivity (Wildman–Crippen MR) is 109 cm³/mol. The van der Waals surface area contributed by atoms with Gasteiger partial charge in [-0.15, -0.1) is 0 Å². The second kappa shape index (κ2) is 7.72. The van der Waals surface area contributed by atoms with Crippen molar-refractivity contribution in [1.82, 2.24) is 0 Å². The minimum Gasteiger partial charge on any atom is -0.309 e. The zero-order chi connectivity index (χ0) is 16.4. The molecule has 0 bridgehead atoms. The third kappa shape index (κ3) is 3.57. The molecule has 0 atom stereocenters. The van der Waals surface area contributed by atoms with Crippen molar-refractivity contribution in [2.45, 2.75) is 20.8 Å². The van der Waals surface area contributed by atoms with Crippen LogP contribution in [-0.2, 0) is 0 Å². The highest BCUT2D eigenvalue weighted by Gasteiger charge is 2.18. The lowest BCUT2D eigenvalue weighted by Gasteiger charge is -2.29. The van der Waals surface area contributed by atoms with E-state index >= 15 is 0 Å². The Morgan fingerprint density at radius 2 is 1.29 bits per heavy atom. The number of benzene rings is 3. The first-order valence-electron chi connectivity index (χ1n) is 7.75. The number of aryl methyl sites for hydroxylation is 3. The van der Waals surface area contributed by atoms with Crippen LogP contribution >= 0.6 is 15.9 Å². The Labute approximate surface area is 155 Å². The van der Waals surface area contributed by atoms with E-state index in [0.29, 0.717) is 0 Å². The second-order valence-corrected chi connectivity index (χ2v) is 6.72. The number of hydrogen-bond acceptors (Lipinski definition) is 1. The van der Waals surface area contributed by atoms with Gasteiger partial charge in [0.15, 0.2) is 0 Å². The molecule has 0 spiro atoms. The fourth-order valence-corrected chi connectivity index (χ4v) is 3.59. The number of nitrogens with zero attached hydrogens (tertiary/aromatic N) is 1. The maximum atomic E-state index is 3.71. The number of para-hydroxylation sites is 2. The molecule has 0 aliphatic rings. The van der Waals surface area contributed by atoms with Crippen LogP contribution in [0.1, 0.15) is 16.7 Å². The van der Waals surface area contributed by atoms with Crippen LogP contribution in [0, 0.1) is 20.8 Å². The van der Waals surface area contributed by atoms with Gasteiger partial charge in [0, 0.05) is 18.6 Å². The quantitative estimate of drug-likeness (QED) is 0.474. The smallest absolute Gasteiger partial charge is 0.0603 e. The molecule has 0 saturated carbocycles. The van der Waals surface area contributed by atoms with E-state index in [1.54, 1.807) is 0 Å². The van der Waals surface area contributed by atoms with Crippen molar-refractivity contribution in [3.8, 4) is 0 Å².